The van der Waals surface area contributed by atoms with Crippen LogP contribution in [0.25, 0.3) is 20.9 Å². The van der Waals surface area contributed by atoms with E-state index in [0.29, 0.717) is 27.7 Å². The second-order valence-corrected chi connectivity index (χ2v) is 12.0. The highest BCUT2D eigenvalue weighted by Gasteiger charge is 2.52. The average Bonchev–Trinajstić information content (AvgIpc) is 3.69. The van der Waals surface area contributed by atoms with Gasteiger partial charge in [0.15, 0.2) is 0 Å². The Bertz CT molecular complexity index is 1810. The first kappa shape index (κ1) is 24.3. The van der Waals surface area contributed by atoms with Crippen molar-refractivity contribution >= 4 is 36.0 Å². The molecule has 2 atom stereocenters. The molecule has 1 aliphatic rings. The zero-order valence-electron chi connectivity index (χ0n) is 20.9. The largest absolute Gasteiger partial charge is 0.375 e. The zero-order valence-corrected chi connectivity index (χ0v) is 22.5. The third-order valence-electron chi connectivity index (χ3n) is 7.57. The fourth-order valence-corrected chi connectivity index (χ4v) is 7.95. The summed E-state index contributed by atoms with van der Waals surface area (Å²) < 4.78 is 0. The number of thiophene rings is 2. The van der Waals surface area contributed by atoms with E-state index in [1.165, 1.54) is 0 Å². The molecule has 2 N–H and O–H groups in total. The Morgan fingerprint density at radius 1 is 0.462 bits per heavy atom. The normalized spacial score (nSPS) is 19.8. The number of fused-ring (bicyclic) bond motifs is 2. The van der Waals surface area contributed by atoms with Crippen LogP contribution in [0.5, 0.6) is 0 Å². The van der Waals surface area contributed by atoms with Crippen LogP contribution in [0.2, 0.25) is 0 Å². The molecule has 6 aromatic rings. The van der Waals surface area contributed by atoms with Crippen molar-refractivity contribution in [3.63, 3.8) is 0 Å². The lowest BCUT2D eigenvalue weighted by atomic mass is 9.65. The standard InChI is InChI=1S/C34H23BO2S2/c35-24-15-16-27-28(21-24)34(37,32-20-18-30(39-32)23-11-5-2-6-12-23)26-14-8-7-13-25(26)33(27,36)31-19-17-29(38-31)22-9-3-1-4-10-22/h1-21,36-37H. The molecule has 0 spiro atoms. The SMILES string of the molecule is [B]c1ccc2c(c1)C(O)(c1ccc(-c3ccccc3)s1)c1ccccc1C2(O)c1ccc(-c2ccccc2)s1. The molecule has 2 aromatic heterocycles. The van der Waals surface area contributed by atoms with Crippen molar-refractivity contribution < 1.29 is 10.2 Å². The number of hydrogen-bond acceptors (Lipinski definition) is 4. The highest BCUT2D eigenvalue weighted by atomic mass is 32.1. The van der Waals surface area contributed by atoms with Crippen LogP contribution in [0.4, 0.5) is 0 Å². The van der Waals surface area contributed by atoms with Crippen molar-refractivity contribution in [2.75, 3.05) is 0 Å². The third kappa shape index (κ3) is 3.69. The van der Waals surface area contributed by atoms with Gasteiger partial charge in [-0.2, -0.15) is 0 Å². The molecule has 0 amide bonds. The highest BCUT2D eigenvalue weighted by Crippen LogP contribution is 2.55. The number of rotatable bonds is 4. The molecule has 1 aliphatic carbocycles. The van der Waals surface area contributed by atoms with E-state index in [1.807, 2.05) is 91.0 Å². The Morgan fingerprint density at radius 3 is 1.41 bits per heavy atom. The van der Waals surface area contributed by atoms with Gasteiger partial charge in [-0.1, -0.05) is 109 Å². The van der Waals surface area contributed by atoms with E-state index < -0.39 is 11.2 Å². The molecule has 2 nitrogen and oxygen atoms in total. The van der Waals surface area contributed by atoms with Crippen LogP contribution in [0.1, 0.15) is 32.0 Å². The van der Waals surface area contributed by atoms with Crippen LogP contribution < -0.4 is 5.46 Å². The van der Waals surface area contributed by atoms with E-state index in [9.17, 15) is 10.2 Å². The first-order chi connectivity index (χ1) is 19.0. The third-order valence-corrected chi connectivity index (χ3v) is 10.1. The molecule has 0 saturated heterocycles. The second-order valence-electron chi connectivity index (χ2n) is 9.83. The smallest absolute Gasteiger partial charge is 0.150 e. The first-order valence-electron chi connectivity index (χ1n) is 12.8. The number of hydrogen-bond donors (Lipinski definition) is 2. The van der Waals surface area contributed by atoms with Crippen LogP contribution in [0.3, 0.4) is 0 Å². The van der Waals surface area contributed by atoms with Gasteiger partial charge in [-0.15, -0.1) is 22.7 Å². The highest BCUT2D eigenvalue weighted by molar-refractivity contribution is 7.16. The van der Waals surface area contributed by atoms with Crippen LogP contribution in [-0.4, -0.2) is 18.1 Å². The van der Waals surface area contributed by atoms with Crippen molar-refractivity contribution in [1.29, 1.82) is 0 Å². The molecule has 39 heavy (non-hydrogen) atoms. The predicted octanol–water partition coefficient (Wildman–Crippen LogP) is 6.82. The molecule has 2 radical (unpaired) electrons. The van der Waals surface area contributed by atoms with Gasteiger partial charge in [0.25, 0.3) is 0 Å². The molecule has 0 aliphatic heterocycles. The summed E-state index contributed by atoms with van der Waals surface area (Å²) in [4.78, 5) is 3.70. The summed E-state index contributed by atoms with van der Waals surface area (Å²) in [6.07, 6.45) is 0. The summed E-state index contributed by atoms with van der Waals surface area (Å²) >= 11 is 3.11. The van der Waals surface area contributed by atoms with E-state index >= 15 is 0 Å². The Hall–Kier alpha value is -3.74. The molecule has 4 aromatic carbocycles. The van der Waals surface area contributed by atoms with Crippen molar-refractivity contribution in [3.8, 4) is 20.9 Å². The fraction of sp³-hybridized carbons (Fsp3) is 0.0588. The maximum absolute atomic E-state index is 12.7. The van der Waals surface area contributed by atoms with Gasteiger partial charge < -0.3 is 10.2 Å². The average molecular weight is 539 g/mol. The maximum atomic E-state index is 12.7. The minimum Gasteiger partial charge on any atom is -0.375 e. The van der Waals surface area contributed by atoms with Crippen molar-refractivity contribution in [3.05, 3.63) is 159 Å². The minimum absolute atomic E-state index is 0.532. The molecule has 5 heteroatoms. The molecule has 0 saturated carbocycles. The van der Waals surface area contributed by atoms with E-state index in [2.05, 4.69) is 30.3 Å². The van der Waals surface area contributed by atoms with Crippen molar-refractivity contribution in [1.82, 2.24) is 0 Å². The topological polar surface area (TPSA) is 40.5 Å². The van der Waals surface area contributed by atoms with Crippen molar-refractivity contribution in [2.24, 2.45) is 0 Å². The summed E-state index contributed by atoms with van der Waals surface area (Å²) in [6.45, 7) is 0. The van der Waals surface area contributed by atoms with Gasteiger partial charge in [0.1, 0.15) is 19.0 Å². The van der Waals surface area contributed by atoms with Crippen LogP contribution in [-0.2, 0) is 11.2 Å². The lowest BCUT2D eigenvalue weighted by Crippen LogP contribution is -2.44. The van der Waals surface area contributed by atoms with E-state index in [-0.39, 0.29) is 0 Å². The van der Waals surface area contributed by atoms with Gasteiger partial charge in [0, 0.05) is 36.2 Å². The predicted molar refractivity (Wildman–Crippen MR) is 162 cm³/mol. The molecule has 0 fully saturated rings. The quantitative estimate of drug-likeness (QED) is 0.242. The maximum Gasteiger partial charge on any atom is 0.150 e. The first-order valence-corrected chi connectivity index (χ1v) is 14.4. The van der Waals surface area contributed by atoms with Gasteiger partial charge in [-0.25, -0.2) is 0 Å². The van der Waals surface area contributed by atoms with Gasteiger partial charge >= 0.3 is 0 Å². The van der Waals surface area contributed by atoms with E-state index in [0.717, 1.165) is 30.6 Å². The zero-order chi connectivity index (χ0) is 26.6. The minimum atomic E-state index is -1.48. The molecule has 0 bridgehead atoms. The molecule has 186 valence electrons. The monoisotopic (exact) mass is 538 g/mol. The molecular formula is C34H23BO2S2. The Labute approximate surface area is 236 Å². The van der Waals surface area contributed by atoms with Gasteiger partial charge in [0.05, 0.1) is 0 Å². The summed E-state index contributed by atoms with van der Waals surface area (Å²) in [7, 11) is 6.32. The van der Waals surface area contributed by atoms with Crippen LogP contribution in [0, 0.1) is 0 Å². The Balaban J connectivity index is 1.46. The Morgan fingerprint density at radius 2 is 0.897 bits per heavy atom. The molecule has 2 unspecified atom stereocenters. The molecule has 2 heterocycles. The van der Waals surface area contributed by atoms with Crippen LogP contribution in [0.15, 0.2) is 127 Å². The van der Waals surface area contributed by atoms with Gasteiger partial charge in [-0.3, -0.25) is 0 Å². The summed E-state index contributed by atoms with van der Waals surface area (Å²) in [6, 6.07) is 41.6. The Kier molecular flexibility index (Phi) is 5.72. The molecule has 7 rings (SSSR count). The lowest BCUT2D eigenvalue weighted by molar-refractivity contribution is 0.0788. The van der Waals surface area contributed by atoms with E-state index in [4.69, 9.17) is 7.85 Å². The van der Waals surface area contributed by atoms with Gasteiger partial charge in [-0.05, 0) is 41.0 Å². The van der Waals surface area contributed by atoms with E-state index in [1.54, 1.807) is 28.7 Å². The second kappa shape index (κ2) is 9.18. The number of benzene rings is 4. The summed E-state index contributed by atoms with van der Waals surface area (Å²) in [5.41, 5.74) is 2.34. The van der Waals surface area contributed by atoms with Crippen LogP contribution >= 0.6 is 22.7 Å². The van der Waals surface area contributed by atoms with Crippen molar-refractivity contribution in [2.45, 2.75) is 11.2 Å². The summed E-state index contributed by atoms with van der Waals surface area (Å²) in [5.74, 6) is 0. The lowest BCUT2D eigenvalue weighted by Gasteiger charge is -2.44. The fourth-order valence-electron chi connectivity index (χ4n) is 5.69. The summed E-state index contributed by atoms with van der Waals surface area (Å²) in [5, 5.41) is 25.5. The molecular weight excluding hydrogens is 515 g/mol. The van der Waals surface area contributed by atoms with Gasteiger partial charge in [0.2, 0.25) is 0 Å². The number of aliphatic hydroxyl groups is 2.